The minimum absolute atomic E-state index is 0.626. The van der Waals surface area contributed by atoms with E-state index in [0.29, 0.717) is 17.6 Å². The number of anilines is 1. The van der Waals surface area contributed by atoms with E-state index in [1.165, 1.54) is 10.4 Å². The summed E-state index contributed by atoms with van der Waals surface area (Å²) in [5.74, 6) is 0.846. The molecule has 2 aromatic rings. The number of aliphatic carboxylic acids is 1. The summed E-state index contributed by atoms with van der Waals surface area (Å²) in [6.07, 6.45) is 3.24. The first-order valence-corrected chi connectivity index (χ1v) is 8.03. The van der Waals surface area contributed by atoms with Crippen LogP contribution in [0.4, 0.5) is 5.82 Å². The Labute approximate surface area is 127 Å². The standard InChI is InChI=1S/C15H19N3O2S/c1-7-4-5-10-11(6-7)21-14-12(10)13(17-9(3)18-14)16-8(2)15(19)20/h7-8H,4-6H2,1-3H3,(H,19,20)(H,16,17,18)/p-1/t7-,8+/m1/s1. The summed E-state index contributed by atoms with van der Waals surface area (Å²) in [5.41, 5.74) is 1.29. The predicted octanol–water partition coefficient (Wildman–Crippen LogP) is 1.67. The second-order valence-electron chi connectivity index (χ2n) is 5.84. The van der Waals surface area contributed by atoms with E-state index in [0.717, 1.165) is 29.5 Å². The monoisotopic (exact) mass is 304 g/mol. The maximum Gasteiger partial charge on any atom is 0.139 e. The highest BCUT2D eigenvalue weighted by Gasteiger charge is 2.24. The lowest BCUT2D eigenvalue weighted by Crippen LogP contribution is -2.38. The summed E-state index contributed by atoms with van der Waals surface area (Å²) < 4.78 is 0. The van der Waals surface area contributed by atoms with Crippen LogP contribution in [0.5, 0.6) is 0 Å². The molecule has 0 amide bonds. The lowest BCUT2D eigenvalue weighted by molar-refractivity contribution is -0.306. The van der Waals surface area contributed by atoms with E-state index in [4.69, 9.17) is 0 Å². The van der Waals surface area contributed by atoms with E-state index in [9.17, 15) is 9.90 Å². The van der Waals surface area contributed by atoms with Crippen LogP contribution >= 0.6 is 11.3 Å². The number of nitrogens with zero attached hydrogens (tertiary/aromatic N) is 2. The average molecular weight is 304 g/mol. The van der Waals surface area contributed by atoms with Gasteiger partial charge in [-0.25, -0.2) is 9.97 Å². The summed E-state index contributed by atoms with van der Waals surface area (Å²) in [4.78, 5) is 22.2. The summed E-state index contributed by atoms with van der Waals surface area (Å²) in [6, 6.07) is -0.777. The third kappa shape index (κ3) is 2.60. The van der Waals surface area contributed by atoms with Crippen LogP contribution in [0, 0.1) is 12.8 Å². The zero-order valence-corrected chi connectivity index (χ0v) is 13.2. The Morgan fingerprint density at radius 2 is 2.24 bits per heavy atom. The third-order valence-electron chi connectivity index (χ3n) is 3.97. The minimum atomic E-state index is -1.13. The van der Waals surface area contributed by atoms with Crippen molar-refractivity contribution in [2.75, 3.05) is 5.32 Å². The molecule has 0 fully saturated rings. The Kier molecular flexibility index (Phi) is 3.57. The number of hydrogen-bond donors (Lipinski definition) is 1. The number of aromatic nitrogens is 2. The Bertz CT molecular complexity index is 710. The number of carboxylic acids is 1. The zero-order chi connectivity index (χ0) is 15.1. The van der Waals surface area contributed by atoms with Gasteiger partial charge in [-0.3, -0.25) is 0 Å². The van der Waals surface area contributed by atoms with Crippen LogP contribution in [0.15, 0.2) is 0 Å². The van der Waals surface area contributed by atoms with Crippen LogP contribution < -0.4 is 10.4 Å². The van der Waals surface area contributed by atoms with Gasteiger partial charge in [-0.05, 0) is 44.6 Å². The van der Waals surface area contributed by atoms with Crippen LogP contribution in [0.2, 0.25) is 0 Å². The number of aryl methyl sites for hydroxylation is 2. The van der Waals surface area contributed by atoms with Crippen LogP contribution in [-0.4, -0.2) is 22.0 Å². The summed E-state index contributed by atoms with van der Waals surface area (Å²) in [5, 5.41) is 14.9. The molecule has 0 aliphatic heterocycles. The van der Waals surface area contributed by atoms with Gasteiger partial charge in [0.2, 0.25) is 0 Å². The molecule has 0 bridgehead atoms. The Hall–Kier alpha value is -1.69. The normalized spacial score (nSPS) is 19.3. The van der Waals surface area contributed by atoms with Gasteiger partial charge in [0.1, 0.15) is 16.5 Å². The van der Waals surface area contributed by atoms with Crippen LogP contribution in [0.25, 0.3) is 10.2 Å². The number of carbonyl (C=O) groups is 1. The van der Waals surface area contributed by atoms with E-state index in [-0.39, 0.29) is 0 Å². The van der Waals surface area contributed by atoms with Crippen LogP contribution in [0.1, 0.15) is 36.5 Å². The van der Waals surface area contributed by atoms with Gasteiger partial charge in [-0.15, -0.1) is 11.3 Å². The van der Waals surface area contributed by atoms with Gasteiger partial charge in [0, 0.05) is 4.88 Å². The molecule has 0 unspecified atom stereocenters. The van der Waals surface area contributed by atoms with Gasteiger partial charge in [0.05, 0.1) is 17.4 Å². The molecule has 2 atom stereocenters. The molecule has 0 radical (unpaired) electrons. The molecule has 2 aromatic heterocycles. The SMILES string of the molecule is Cc1nc(N[C@@H](C)C(=O)[O-])c2c3c(sc2n1)C[C@H](C)CC3. The molecule has 112 valence electrons. The number of carboxylic acid groups (broad SMARTS) is 1. The minimum Gasteiger partial charge on any atom is -0.548 e. The van der Waals surface area contributed by atoms with Crippen molar-refractivity contribution < 1.29 is 9.90 Å². The van der Waals surface area contributed by atoms with Gasteiger partial charge < -0.3 is 15.2 Å². The largest absolute Gasteiger partial charge is 0.548 e. The van der Waals surface area contributed by atoms with E-state index in [2.05, 4.69) is 22.2 Å². The molecule has 0 saturated carbocycles. The third-order valence-corrected chi connectivity index (χ3v) is 5.12. The lowest BCUT2D eigenvalue weighted by atomic mass is 9.89. The number of carbonyl (C=O) groups excluding carboxylic acids is 1. The fraction of sp³-hybridized carbons (Fsp3) is 0.533. The van der Waals surface area contributed by atoms with Crippen molar-refractivity contribution in [2.45, 2.75) is 46.1 Å². The van der Waals surface area contributed by atoms with Crippen LogP contribution in [-0.2, 0) is 17.6 Å². The van der Waals surface area contributed by atoms with Crippen molar-refractivity contribution in [3.63, 3.8) is 0 Å². The molecule has 0 aromatic carbocycles. The van der Waals surface area contributed by atoms with E-state index < -0.39 is 12.0 Å². The van der Waals surface area contributed by atoms with Crippen molar-refractivity contribution in [3.05, 3.63) is 16.3 Å². The number of fused-ring (bicyclic) bond motifs is 3. The Morgan fingerprint density at radius 1 is 1.48 bits per heavy atom. The fourth-order valence-electron chi connectivity index (χ4n) is 2.82. The molecule has 3 rings (SSSR count). The second kappa shape index (κ2) is 5.26. The first-order chi connectivity index (χ1) is 9.95. The highest BCUT2D eigenvalue weighted by molar-refractivity contribution is 7.19. The van der Waals surface area contributed by atoms with Crippen molar-refractivity contribution in [3.8, 4) is 0 Å². The summed E-state index contributed by atoms with van der Waals surface area (Å²) in [7, 11) is 0. The van der Waals surface area contributed by atoms with Crippen molar-refractivity contribution >= 4 is 33.3 Å². The Morgan fingerprint density at radius 3 is 2.95 bits per heavy atom. The van der Waals surface area contributed by atoms with Crippen LogP contribution in [0.3, 0.4) is 0 Å². The molecule has 1 aliphatic carbocycles. The van der Waals surface area contributed by atoms with Crippen molar-refractivity contribution in [2.24, 2.45) is 5.92 Å². The van der Waals surface area contributed by atoms with E-state index in [1.54, 1.807) is 18.3 Å². The van der Waals surface area contributed by atoms with Gasteiger partial charge in [0.15, 0.2) is 0 Å². The smallest absolute Gasteiger partial charge is 0.139 e. The van der Waals surface area contributed by atoms with Gasteiger partial charge in [0.25, 0.3) is 0 Å². The molecule has 1 N–H and O–H groups in total. The number of nitrogens with one attached hydrogen (secondary N) is 1. The topological polar surface area (TPSA) is 77.9 Å². The Balaban J connectivity index is 2.12. The van der Waals surface area contributed by atoms with Crippen molar-refractivity contribution in [1.29, 1.82) is 0 Å². The molecule has 5 nitrogen and oxygen atoms in total. The number of thiophene rings is 1. The maximum atomic E-state index is 11.0. The van der Waals surface area contributed by atoms with E-state index >= 15 is 0 Å². The summed E-state index contributed by atoms with van der Waals surface area (Å²) >= 11 is 1.71. The van der Waals surface area contributed by atoms with E-state index in [1.807, 2.05) is 6.92 Å². The first kappa shape index (κ1) is 14.3. The maximum absolute atomic E-state index is 11.0. The molecular formula is C15H18N3O2S-. The second-order valence-corrected chi connectivity index (χ2v) is 6.92. The predicted molar refractivity (Wildman–Crippen MR) is 81.4 cm³/mol. The van der Waals surface area contributed by atoms with Crippen molar-refractivity contribution in [1.82, 2.24) is 9.97 Å². The lowest BCUT2D eigenvalue weighted by Gasteiger charge is -2.20. The molecular weight excluding hydrogens is 286 g/mol. The molecule has 1 aliphatic rings. The van der Waals surface area contributed by atoms with Gasteiger partial charge in [-0.2, -0.15) is 0 Å². The fourth-order valence-corrected chi connectivity index (χ4v) is 4.25. The molecule has 2 heterocycles. The highest BCUT2D eigenvalue weighted by Crippen LogP contribution is 2.40. The number of rotatable bonds is 3. The molecule has 6 heteroatoms. The quantitative estimate of drug-likeness (QED) is 0.933. The summed E-state index contributed by atoms with van der Waals surface area (Å²) in [6.45, 7) is 5.66. The molecule has 0 spiro atoms. The van der Waals surface area contributed by atoms with Gasteiger partial charge in [-0.1, -0.05) is 6.92 Å². The highest BCUT2D eigenvalue weighted by atomic mass is 32.1. The molecule has 21 heavy (non-hydrogen) atoms. The first-order valence-electron chi connectivity index (χ1n) is 7.22. The van der Waals surface area contributed by atoms with Gasteiger partial charge >= 0.3 is 0 Å². The average Bonchev–Trinajstić information content (AvgIpc) is 2.75. The molecule has 0 saturated heterocycles. The number of hydrogen-bond acceptors (Lipinski definition) is 6. The zero-order valence-electron chi connectivity index (χ0n) is 12.4.